The number of ether oxygens (including phenoxy) is 3. The van der Waals surface area contributed by atoms with Crippen molar-refractivity contribution in [1.82, 2.24) is 15.6 Å². The molecule has 7 nitrogen and oxygen atoms in total. The van der Waals surface area contributed by atoms with Gasteiger partial charge in [-0.2, -0.15) is 8.78 Å². The molecule has 9 heteroatoms. The van der Waals surface area contributed by atoms with Gasteiger partial charge in [0.25, 0.3) is 0 Å². The molecular formula is C21H28F2N4O3. The minimum Gasteiger partial charge on any atom is -0.497 e. The highest BCUT2D eigenvalue weighted by Crippen LogP contribution is 2.25. The van der Waals surface area contributed by atoms with Crippen LogP contribution in [-0.4, -0.2) is 37.3 Å². The third kappa shape index (κ3) is 7.73. The maximum atomic E-state index is 12.7. The number of nitrogens with zero attached hydrogens (tertiary/aromatic N) is 2. The Balaban J connectivity index is 2.06. The quantitative estimate of drug-likeness (QED) is 0.449. The van der Waals surface area contributed by atoms with Crippen LogP contribution in [0.25, 0.3) is 0 Å². The minimum atomic E-state index is -2.91. The largest absolute Gasteiger partial charge is 0.497 e. The van der Waals surface area contributed by atoms with E-state index in [0.717, 1.165) is 5.56 Å². The molecule has 2 aromatic rings. The highest BCUT2D eigenvalue weighted by atomic mass is 19.3. The van der Waals surface area contributed by atoms with E-state index >= 15 is 0 Å². The summed E-state index contributed by atoms with van der Waals surface area (Å²) in [5.41, 5.74) is 1.43. The van der Waals surface area contributed by atoms with Gasteiger partial charge in [-0.05, 0) is 44.5 Å². The summed E-state index contributed by atoms with van der Waals surface area (Å²) in [6.07, 6.45) is 1.77. The predicted octanol–water partition coefficient (Wildman–Crippen LogP) is 3.73. The monoisotopic (exact) mass is 422 g/mol. The maximum absolute atomic E-state index is 12.7. The van der Waals surface area contributed by atoms with Crippen LogP contribution < -0.4 is 24.8 Å². The number of rotatable bonds is 10. The summed E-state index contributed by atoms with van der Waals surface area (Å²) < 4.78 is 40.7. The van der Waals surface area contributed by atoms with Crippen LogP contribution in [0.2, 0.25) is 0 Å². The molecule has 0 fully saturated rings. The molecule has 0 unspecified atom stereocenters. The first-order chi connectivity index (χ1) is 14.4. The lowest BCUT2D eigenvalue weighted by Crippen LogP contribution is -2.36. The van der Waals surface area contributed by atoms with Gasteiger partial charge < -0.3 is 24.8 Å². The number of aliphatic imine (C=N–C) groups is 1. The highest BCUT2D eigenvalue weighted by Gasteiger charge is 2.11. The Hall–Kier alpha value is -3.10. The second-order valence-electron chi connectivity index (χ2n) is 6.57. The van der Waals surface area contributed by atoms with E-state index in [1.54, 1.807) is 24.4 Å². The molecule has 0 spiro atoms. The first-order valence-corrected chi connectivity index (χ1v) is 9.66. The maximum Gasteiger partial charge on any atom is 0.387 e. The number of alkyl halides is 2. The van der Waals surface area contributed by atoms with Crippen LogP contribution in [0.15, 0.2) is 41.5 Å². The van der Waals surface area contributed by atoms with Crippen LogP contribution in [-0.2, 0) is 13.1 Å². The van der Waals surface area contributed by atoms with Crippen molar-refractivity contribution >= 4 is 5.96 Å². The molecule has 0 atom stereocenters. The molecule has 1 aromatic carbocycles. The molecule has 2 rings (SSSR count). The molecule has 30 heavy (non-hydrogen) atoms. The topological polar surface area (TPSA) is 77.0 Å². The smallest absolute Gasteiger partial charge is 0.387 e. The van der Waals surface area contributed by atoms with Crippen LogP contribution in [0.1, 0.15) is 31.9 Å². The molecule has 0 aliphatic rings. The summed E-state index contributed by atoms with van der Waals surface area (Å²) in [6.45, 7) is 4.17. The van der Waals surface area contributed by atoms with Gasteiger partial charge in [-0.3, -0.25) is 0 Å². The molecule has 0 radical (unpaired) electrons. The molecule has 0 aliphatic carbocycles. The van der Waals surface area contributed by atoms with Gasteiger partial charge >= 0.3 is 6.61 Å². The molecule has 0 amide bonds. The van der Waals surface area contributed by atoms with E-state index < -0.39 is 6.61 Å². The molecular weight excluding hydrogens is 394 g/mol. The first kappa shape index (κ1) is 23.2. The van der Waals surface area contributed by atoms with Crippen molar-refractivity contribution in [3.63, 3.8) is 0 Å². The molecule has 0 bridgehead atoms. The third-order valence-electron chi connectivity index (χ3n) is 3.85. The van der Waals surface area contributed by atoms with E-state index in [9.17, 15) is 8.78 Å². The highest BCUT2D eigenvalue weighted by molar-refractivity contribution is 5.79. The Bertz CT molecular complexity index is 814. The zero-order valence-corrected chi connectivity index (χ0v) is 17.6. The number of guanidine groups is 1. The predicted molar refractivity (Wildman–Crippen MR) is 111 cm³/mol. The number of benzene rings is 1. The molecule has 0 saturated heterocycles. The van der Waals surface area contributed by atoms with Crippen LogP contribution in [0.3, 0.4) is 0 Å². The van der Waals surface area contributed by atoms with Crippen LogP contribution in [0.4, 0.5) is 8.78 Å². The number of hydrogen-bond acceptors (Lipinski definition) is 5. The molecule has 1 heterocycles. The summed E-state index contributed by atoms with van der Waals surface area (Å²) in [5.74, 6) is 1.72. The number of hydrogen-bond donors (Lipinski definition) is 2. The summed E-state index contributed by atoms with van der Waals surface area (Å²) in [7, 11) is 1.51. The van der Waals surface area contributed by atoms with Crippen molar-refractivity contribution in [1.29, 1.82) is 0 Å². The second kappa shape index (κ2) is 11.8. The number of aromatic nitrogens is 1. The fraction of sp³-hybridized carbons (Fsp3) is 0.429. The third-order valence-corrected chi connectivity index (χ3v) is 3.85. The lowest BCUT2D eigenvalue weighted by atomic mass is 10.2. The normalized spacial score (nSPS) is 11.5. The van der Waals surface area contributed by atoms with Crippen molar-refractivity contribution < 1.29 is 23.0 Å². The molecule has 0 aliphatic heterocycles. The number of halogens is 2. The van der Waals surface area contributed by atoms with Gasteiger partial charge in [0.2, 0.25) is 5.88 Å². The molecule has 0 saturated carbocycles. The van der Waals surface area contributed by atoms with Gasteiger partial charge in [-0.25, -0.2) is 9.98 Å². The van der Waals surface area contributed by atoms with E-state index in [-0.39, 0.29) is 18.4 Å². The Kier molecular flexibility index (Phi) is 9.11. The number of pyridine rings is 1. The van der Waals surface area contributed by atoms with Gasteiger partial charge in [0, 0.05) is 30.9 Å². The molecule has 1 aromatic heterocycles. The zero-order valence-electron chi connectivity index (χ0n) is 17.6. The summed E-state index contributed by atoms with van der Waals surface area (Å²) >= 11 is 0. The van der Waals surface area contributed by atoms with Gasteiger partial charge in [-0.1, -0.05) is 6.07 Å². The summed E-state index contributed by atoms with van der Waals surface area (Å²) in [5, 5.41) is 6.25. The van der Waals surface area contributed by atoms with E-state index in [4.69, 9.17) is 9.47 Å². The SMILES string of the molecule is CCNC(=NCc1ccc(OC(C)C)nc1)NCc1cc(OC)ccc1OC(F)F. The standard InChI is InChI=1S/C21H28F2N4O3/c1-5-24-21(26-12-15-6-9-19(25-11-15)29-14(2)3)27-13-16-10-17(28-4)7-8-18(16)30-20(22)23/h6-11,14,20H,5,12-13H2,1-4H3,(H2,24,26,27). The van der Waals surface area contributed by atoms with Crippen LogP contribution in [0, 0.1) is 0 Å². The average molecular weight is 422 g/mol. The van der Waals surface area contributed by atoms with Crippen molar-refractivity contribution in [2.45, 2.75) is 46.6 Å². The Labute approximate surface area is 175 Å². The van der Waals surface area contributed by atoms with Crippen molar-refractivity contribution in [2.75, 3.05) is 13.7 Å². The Morgan fingerprint density at radius 2 is 1.93 bits per heavy atom. The van der Waals surface area contributed by atoms with Gasteiger partial charge in [0.15, 0.2) is 5.96 Å². The minimum absolute atomic E-state index is 0.0569. The van der Waals surface area contributed by atoms with Gasteiger partial charge in [-0.15, -0.1) is 0 Å². The first-order valence-electron chi connectivity index (χ1n) is 9.66. The Morgan fingerprint density at radius 1 is 1.13 bits per heavy atom. The lowest BCUT2D eigenvalue weighted by Gasteiger charge is -2.15. The van der Waals surface area contributed by atoms with Gasteiger partial charge in [0.1, 0.15) is 11.5 Å². The number of methoxy groups -OCH3 is 1. The summed E-state index contributed by atoms with van der Waals surface area (Å²) in [6, 6.07) is 8.37. The van der Waals surface area contributed by atoms with Crippen LogP contribution >= 0.6 is 0 Å². The lowest BCUT2D eigenvalue weighted by molar-refractivity contribution is -0.0505. The van der Waals surface area contributed by atoms with Crippen molar-refractivity contribution in [2.24, 2.45) is 4.99 Å². The average Bonchev–Trinajstić information content (AvgIpc) is 2.71. The molecule has 164 valence electrons. The van der Waals surface area contributed by atoms with E-state index in [2.05, 4.69) is 25.3 Å². The summed E-state index contributed by atoms with van der Waals surface area (Å²) in [4.78, 5) is 8.78. The van der Waals surface area contributed by atoms with E-state index in [0.29, 0.717) is 36.2 Å². The zero-order chi connectivity index (χ0) is 21.9. The molecule has 2 N–H and O–H groups in total. The van der Waals surface area contributed by atoms with Crippen LogP contribution in [0.5, 0.6) is 17.4 Å². The van der Waals surface area contributed by atoms with E-state index in [1.807, 2.05) is 26.8 Å². The van der Waals surface area contributed by atoms with Crippen molar-refractivity contribution in [3.05, 3.63) is 47.7 Å². The number of nitrogens with one attached hydrogen (secondary N) is 2. The fourth-order valence-electron chi connectivity index (χ4n) is 2.54. The van der Waals surface area contributed by atoms with E-state index in [1.165, 1.54) is 13.2 Å². The Morgan fingerprint density at radius 3 is 2.53 bits per heavy atom. The fourth-order valence-corrected chi connectivity index (χ4v) is 2.54. The van der Waals surface area contributed by atoms with Crippen molar-refractivity contribution in [3.8, 4) is 17.4 Å². The second-order valence-corrected chi connectivity index (χ2v) is 6.57. The van der Waals surface area contributed by atoms with Gasteiger partial charge in [0.05, 0.1) is 19.8 Å².